The zero-order chi connectivity index (χ0) is 17.4. The molecule has 2 aliphatic carbocycles. The molecular weight excluding hydrogens is 313 g/mol. The van der Waals surface area contributed by atoms with Gasteiger partial charge in [0, 0.05) is 6.61 Å². The highest BCUT2D eigenvalue weighted by atomic mass is 19.4. The van der Waals surface area contributed by atoms with Crippen LogP contribution >= 0.6 is 0 Å². The molecule has 0 amide bonds. The minimum atomic E-state index is -4.19. The second kappa shape index (κ2) is 10.0. The summed E-state index contributed by atoms with van der Waals surface area (Å²) in [5.74, 6) is 3.06. The molecule has 4 heteroatoms. The van der Waals surface area contributed by atoms with Crippen LogP contribution in [0.4, 0.5) is 13.2 Å². The molecule has 142 valence electrons. The molecule has 0 aromatic rings. The maximum absolute atomic E-state index is 12.1. The quantitative estimate of drug-likeness (QED) is 0.471. The number of rotatable bonds is 8. The Morgan fingerprint density at radius 2 is 1.12 bits per heavy atom. The van der Waals surface area contributed by atoms with Crippen LogP contribution in [-0.4, -0.2) is 19.4 Å². The molecule has 0 aromatic carbocycles. The minimum Gasteiger partial charge on any atom is -0.372 e. The summed E-state index contributed by atoms with van der Waals surface area (Å²) in [6, 6.07) is 0. The van der Waals surface area contributed by atoms with Crippen molar-refractivity contribution in [3.05, 3.63) is 0 Å². The molecule has 0 N–H and O–H groups in total. The van der Waals surface area contributed by atoms with Gasteiger partial charge >= 0.3 is 6.18 Å². The van der Waals surface area contributed by atoms with Gasteiger partial charge in [-0.1, -0.05) is 71.1 Å². The van der Waals surface area contributed by atoms with Crippen LogP contribution in [0, 0.1) is 23.7 Å². The molecule has 24 heavy (non-hydrogen) atoms. The zero-order valence-corrected chi connectivity index (χ0v) is 15.3. The van der Waals surface area contributed by atoms with Crippen molar-refractivity contribution in [2.24, 2.45) is 23.7 Å². The predicted molar refractivity (Wildman–Crippen MR) is 91.9 cm³/mol. The van der Waals surface area contributed by atoms with Crippen LogP contribution < -0.4 is 0 Å². The van der Waals surface area contributed by atoms with Gasteiger partial charge in [0.25, 0.3) is 0 Å². The van der Waals surface area contributed by atoms with Gasteiger partial charge < -0.3 is 4.74 Å². The van der Waals surface area contributed by atoms with Crippen molar-refractivity contribution in [2.45, 2.75) is 90.1 Å². The van der Waals surface area contributed by atoms with Crippen molar-refractivity contribution in [2.75, 3.05) is 13.2 Å². The largest absolute Gasteiger partial charge is 0.411 e. The number of halogens is 3. The second-order valence-corrected chi connectivity index (χ2v) is 8.27. The first-order valence-corrected chi connectivity index (χ1v) is 10.1. The summed E-state index contributed by atoms with van der Waals surface area (Å²) in [5, 5.41) is 0. The van der Waals surface area contributed by atoms with Gasteiger partial charge in [-0.2, -0.15) is 13.2 Å². The predicted octanol–water partition coefficient (Wildman–Crippen LogP) is 6.76. The molecule has 0 spiro atoms. The lowest BCUT2D eigenvalue weighted by atomic mass is 9.75. The Bertz CT molecular complexity index is 326. The Kier molecular flexibility index (Phi) is 8.39. The van der Waals surface area contributed by atoms with Crippen molar-refractivity contribution < 1.29 is 17.9 Å². The molecule has 2 aliphatic rings. The van der Waals surface area contributed by atoms with E-state index >= 15 is 0 Å². The Morgan fingerprint density at radius 1 is 0.708 bits per heavy atom. The Balaban J connectivity index is 1.52. The van der Waals surface area contributed by atoms with E-state index in [-0.39, 0.29) is 6.61 Å². The van der Waals surface area contributed by atoms with Gasteiger partial charge in [-0.05, 0) is 36.5 Å². The minimum absolute atomic E-state index is 0.285. The first kappa shape index (κ1) is 20.1. The molecule has 0 aromatic heterocycles. The van der Waals surface area contributed by atoms with Crippen LogP contribution in [0.25, 0.3) is 0 Å². The summed E-state index contributed by atoms with van der Waals surface area (Å²) >= 11 is 0. The molecule has 0 saturated heterocycles. The van der Waals surface area contributed by atoms with Crippen LogP contribution in [-0.2, 0) is 4.74 Å². The fraction of sp³-hybridized carbons (Fsp3) is 1.00. The van der Waals surface area contributed by atoms with E-state index in [1.807, 2.05) is 0 Å². The number of alkyl halides is 3. The molecule has 0 aliphatic heterocycles. The Morgan fingerprint density at radius 3 is 1.54 bits per heavy atom. The molecule has 0 heterocycles. The molecule has 1 nitrogen and oxygen atoms in total. The fourth-order valence-electron chi connectivity index (χ4n) is 4.72. The first-order chi connectivity index (χ1) is 11.5. The summed E-state index contributed by atoms with van der Waals surface area (Å²) in [6.07, 6.45) is 11.4. The molecule has 0 atom stereocenters. The number of hydrogen-bond acceptors (Lipinski definition) is 1. The van der Waals surface area contributed by atoms with Crippen molar-refractivity contribution >= 4 is 0 Å². The zero-order valence-electron chi connectivity index (χ0n) is 15.3. The number of ether oxygens (including phenoxy) is 1. The van der Waals surface area contributed by atoms with E-state index in [1.54, 1.807) is 0 Å². The van der Waals surface area contributed by atoms with E-state index in [0.29, 0.717) is 5.92 Å². The van der Waals surface area contributed by atoms with Gasteiger partial charge in [0.05, 0.1) is 0 Å². The summed E-state index contributed by atoms with van der Waals surface area (Å²) in [5.41, 5.74) is 0. The maximum Gasteiger partial charge on any atom is 0.411 e. The maximum atomic E-state index is 12.1. The van der Waals surface area contributed by atoms with Crippen LogP contribution in [0.1, 0.15) is 84.0 Å². The topological polar surface area (TPSA) is 9.23 Å². The van der Waals surface area contributed by atoms with E-state index in [4.69, 9.17) is 4.74 Å². The van der Waals surface area contributed by atoms with Crippen LogP contribution in [0.5, 0.6) is 0 Å². The smallest absolute Gasteiger partial charge is 0.372 e. The van der Waals surface area contributed by atoms with Crippen molar-refractivity contribution in [1.29, 1.82) is 0 Å². The highest BCUT2D eigenvalue weighted by molar-refractivity contribution is 4.76. The monoisotopic (exact) mass is 348 g/mol. The SMILES string of the molecule is CCCC1CCC(CCC2CCC(COCC(F)(F)F)CC2)CC1. The third kappa shape index (κ3) is 7.76. The second-order valence-electron chi connectivity index (χ2n) is 8.27. The van der Waals surface area contributed by atoms with Gasteiger partial charge in [0.15, 0.2) is 0 Å². The number of hydrogen-bond donors (Lipinski definition) is 0. The molecular formula is C20H35F3O. The normalized spacial score (nSPS) is 32.0. The Labute approximate surface area is 145 Å². The first-order valence-electron chi connectivity index (χ1n) is 10.1. The summed E-state index contributed by atoms with van der Waals surface area (Å²) in [7, 11) is 0. The van der Waals surface area contributed by atoms with Gasteiger partial charge in [0.1, 0.15) is 6.61 Å². The summed E-state index contributed by atoms with van der Waals surface area (Å²) in [4.78, 5) is 0. The van der Waals surface area contributed by atoms with Gasteiger partial charge in [-0.3, -0.25) is 0 Å². The molecule has 2 saturated carbocycles. The average Bonchev–Trinajstić information content (AvgIpc) is 2.55. The molecule has 0 unspecified atom stereocenters. The fourth-order valence-corrected chi connectivity index (χ4v) is 4.72. The van der Waals surface area contributed by atoms with Crippen molar-refractivity contribution in [3.8, 4) is 0 Å². The highest BCUT2D eigenvalue weighted by Gasteiger charge is 2.29. The molecule has 0 bridgehead atoms. The Hall–Kier alpha value is -0.250. The van der Waals surface area contributed by atoms with Crippen LogP contribution in [0.2, 0.25) is 0 Å². The average molecular weight is 348 g/mol. The highest BCUT2D eigenvalue weighted by Crippen LogP contribution is 2.37. The lowest BCUT2D eigenvalue weighted by Gasteiger charge is -2.32. The third-order valence-corrected chi connectivity index (χ3v) is 6.23. The van der Waals surface area contributed by atoms with Gasteiger partial charge in [-0.25, -0.2) is 0 Å². The van der Waals surface area contributed by atoms with Gasteiger partial charge in [-0.15, -0.1) is 0 Å². The summed E-state index contributed by atoms with van der Waals surface area (Å²) < 4.78 is 41.1. The van der Waals surface area contributed by atoms with E-state index in [0.717, 1.165) is 30.6 Å². The van der Waals surface area contributed by atoms with Crippen molar-refractivity contribution in [1.82, 2.24) is 0 Å². The van der Waals surface area contributed by atoms with E-state index in [9.17, 15) is 13.2 Å². The lowest BCUT2D eigenvalue weighted by Crippen LogP contribution is -2.23. The van der Waals surface area contributed by atoms with E-state index in [1.165, 1.54) is 64.2 Å². The van der Waals surface area contributed by atoms with Gasteiger partial charge in [0.2, 0.25) is 0 Å². The molecule has 2 rings (SSSR count). The lowest BCUT2D eigenvalue weighted by molar-refractivity contribution is -0.177. The summed E-state index contributed by atoms with van der Waals surface area (Å²) in [6.45, 7) is 1.48. The third-order valence-electron chi connectivity index (χ3n) is 6.23. The van der Waals surface area contributed by atoms with E-state index < -0.39 is 12.8 Å². The molecule has 2 fully saturated rings. The standard InChI is InChI=1S/C20H35F3O/c1-2-3-16-4-6-17(7-5-16)8-9-18-10-12-19(13-11-18)14-24-15-20(21,22)23/h16-19H,2-15H2,1H3. The van der Waals surface area contributed by atoms with Crippen LogP contribution in [0.3, 0.4) is 0 Å². The van der Waals surface area contributed by atoms with Crippen LogP contribution in [0.15, 0.2) is 0 Å². The van der Waals surface area contributed by atoms with E-state index in [2.05, 4.69) is 6.92 Å². The van der Waals surface area contributed by atoms with Crippen molar-refractivity contribution in [3.63, 3.8) is 0 Å². The molecule has 0 radical (unpaired) electrons.